The van der Waals surface area contributed by atoms with Crippen molar-refractivity contribution in [2.45, 2.75) is 42.0 Å². The molecule has 2 aliphatic rings. The predicted molar refractivity (Wildman–Crippen MR) is 77.0 cm³/mol. The lowest BCUT2D eigenvalue weighted by Gasteiger charge is -2.34. The van der Waals surface area contributed by atoms with Crippen LogP contribution in [0.5, 0.6) is 0 Å². The molecular formula is C12H17N3O4S2. The average Bonchev–Trinajstić information content (AvgIpc) is 3.06. The van der Waals surface area contributed by atoms with E-state index in [2.05, 4.69) is 14.6 Å². The first-order valence-electron chi connectivity index (χ1n) is 6.90. The molecule has 2 N–H and O–H groups in total. The second-order valence-electron chi connectivity index (χ2n) is 5.47. The van der Waals surface area contributed by atoms with Crippen LogP contribution in [-0.4, -0.2) is 54.6 Å². The quantitative estimate of drug-likeness (QED) is 0.844. The van der Waals surface area contributed by atoms with Gasteiger partial charge in [0.1, 0.15) is 0 Å². The number of nitrogens with zero attached hydrogens (tertiary/aromatic N) is 2. The van der Waals surface area contributed by atoms with Gasteiger partial charge in [-0.1, -0.05) is 0 Å². The second-order valence-corrected chi connectivity index (χ2v) is 8.23. The van der Waals surface area contributed by atoms with Gasteiger partial charge in [-0.2, -0.15) is 0 Å². The number of aromatic carboxylic acids is 1. The number of hydrogen-bond acceptors (Lipinski definition) is 6. The highest BCUT2D eigenvalue weighted by atomic mass is 32.2. The van der Waals surface area contributed by atoms with Crippen molar-refractivity contribution in [3.8, 4) is 0 Å². The highest BCUT2D eigenvalue weighted by Gasteiger charge is 2.35. The summed E-state index contributed by atoms with van der Waals surface area (Å²) in [6.07, 6.45) is 3.83. The topological polar surface area (TPSA) is 99.6 Å². The largest absolute Gasteiger partial charge is 0.476 e. The van der Waals surface area contributed by atoms with E-state index >= 15 is 0 Å². The summed E-state index contributed by atoms with van der Waals surface area (Å²) in [4.78, 5) is 17.0. The van der Waals surface area contributed by atoms with E-state index in [0.29, 0.717) is 6.04 Å². The summed E-state index contributed by atoms with van der Waals surface area (Å²) < 4.78 is 27.2. The van der Waals surface area contributed by atoms with E-state index in [0.717, 1.165) is 43.7 Å². The third-order valence-corrected chi connectivity index (χ3v) is 7.01. The number of sulfonamides is 1. The number of carbonyl (C=O) groups is 1. The predicted octanol–water partition coefficient (Wildman–Crippen LogP) is 0.746. The molecule has 0 amide bonds. The Morgan fingerprint density at radius 1 is 1.43 bits per heavy atom. The molecule has 1 aromatic rings. The van der Waals surface area contributed by atoms with Gasteiger partial charge in [0.15, 0.2) is 9.90 Å². The van der Waals surface area contributed by atoms with Gasteiger partial charge in [0.05, 0.1) is 5.51 Å². The van der Waals surface area contributed by atoms with Crippen LogP contribution in [0.3, 0.4) is 0 Å². The van der Waals surface area contributed by atoms with Crippen molar-refractivity contribution in [2.75, 3.05) is 13.1 Å². The fraction of sp³-hybridized carbons (Fsp3) is 0.667. The summed E-state index contributed by atoms with van der Waals surface area (Å²) in [5.74, 6) is -1.32. The zero-order valence-electron chi connectivity index (χ0n) is 11.4. The summed E-state index contributed by atoms with van der Waals surface area (Å²) in [5, 5.41) is 8.99. The Balaban J connectivity index is 1.74. The Kier molecular flexibility index (Phi) is 4.00. The zero-order chi connectivity index (χ0) is 15.0. The molecule has 2 unspecified atom stereocenters. The normalized spacial score (nSPS) is 26.7. The highest BCUT2D eigenvalue weighted by molar-refractivity contribution is 7.91. The Morgan fingerprint density at radius 2 is 2.24 bits per heavy atom. The highest BCUT2D eigenvalue weighted by Crippen LogP contribution is 2.28. The van der Waals surface area contributed by atoms with Gasteiger partial charge in [0.25, 0.3) is 10.0 Å². The first-order valence-corrected chi connectivity index (χ1v) is 9.27. The van der Waals surface area contributed by atoms with Crippen LogP contribution in [0.4, 0.5) is 0 Å². The van der Waals surface area contributed by atoms with Gasteiger partial charge < -0.3 is 10.0 Å². The minimum absolute atomic E-state index is 0.127. The molecule has 21 heavy (non-hydrogen) atoms. The van der Waals surface area contributed by atoms with Crippen molar-refractivity contribution < 1.29 is 18.3 Å². The number of aromatic nitrogens is 1. The van der Waals surface area contributed by atoms with Gasteiger partial charge in [0.2, 0.25) is 0 Å². The summed E-state index contributed by atoms with van der Waals surface area (Å²) in [6.45, 7) is 1.99. The zero-order valence-corrected chi connectivity index (χ0v) is 13.0. The number of hydrogen-bond donors (Lipinski definition) is 2. The molecule has 0 saturated carbocycles. The molecule has 9 heteroatoms. The fourth-order valence-corrected chi connectivity index (χ4v) is 5.61. The Bertz CT molecular complexity index is 643. The van der Waals surface area contributed by atoms with Crippen molar-refractivity contribution in [1.82, 2.24) is 14.6 Å². The van der Waals surface area contributed by atoms with Crippen LogP contribution in [-0.2, 0) is 10.0 Å². The van der Waals surface area contributed by atoms with Gasteiger partial charge in [-0.15, -0.1) is 11.3 Å². The molecule has 3 rings (SSSR count). The number of carboxylic acid groups (broad SMARTS) is 1. The van der Waals surface area contributed by atoms with Crippen LogP contribution in [0.25, 0.3) is 0 Å². The molecule has 1 aromatic heterocycles. The summed E-state index contributed by atoms with van der Waals surface area (Å²) in [6, 6.07) is 0.324. The Hall–Kier alpha value is -1.03. The second kappa shape index (κ2) is 5.64. The van der Waals surface area contributed by atoms with E-state index in [1.165, 1.54) is 11.9 Å². The molecule has 0 spiro atoms. The minimum atomic E-state index is -3.81. The van der Waals surface area contributed by atoms with E-state index in [-0.39, 0.29) is 10.3 Å². The third-order valence-electron chi connectivity index (χ3n) is 4.12. The molecule has 3 heterocycles. The Morgan fingerprint density at radius 3 is 3.00 bits per heavy atom. The van der Waals surface area contributed by atoms with Gasteiger partial charge in [-0.3, -0.25) is 0 Å². The fourth-order valence-electron chi connectivity index (χ4n) is 3.17. The monoisotopic (exact) mass is 331 g/mol. The van der Waals surface area contributed by atoms with Crippen molar-refractivity contribution in [3.63, 3.8) is 0 Å². The van der Waals surface area contributed by atoms with Crippen molar-refractivity contribution >= 4 is 27.3 Å². The third kappa shape index (κ3) is 2.96. The average molecular weight is 331 g/mol. The van der Waals surface area contributed by atoms with E-state index in [9.17, 15) is 13.2 Å². The van der Waals surface area contributed by atoms with Gasteiger partial charge in [-0.05, 0) is 38.8 Å². The number of rotatable bonds is 4. The SMILES string of the molecule is O=C(O)c1ncsc1S(=O)(=O)NC1CCN2CCCC2C1. The first-order chi connectivity index (χ1) is 9.97. The smallest absolute Gasteiger partial charge is 0.356 e. The van der Waals surface area contributed by atoms with Crippen molar-refractivity contribution in [3.05, 3.63) is 11.2 Å². The molecule has 2 aliphatic heterocycles. The lowest BCUT2D eigenvalue weighted by molar-refractivity contribution is 0.0687. The van der Waals surface area contributed by atoms with Crippen LogP contribution in [0.1, 0.15) is 36.2 Å². The molecule has 0 aliphatic carbocycles. The first kappa shape index (κ1) is 14.9. The van der Waals surface area contributed by atoms with E-state index < -0.39 is 21.7 Å². The number of nitrogens with one attached hydrogen (secondary N) is 1. The molecule has 0 radical (unpaired) electrons. The Labute approximate surface area is 127 Å². The summed E-state index contributed by atoms with van der Waals surface area (Å²) in [7, 11) is -3.81. The molecule has 0 aromatic carbocycles. The number of thiazole rings is 1. The number of carboxylic acids is 1. The molecule has 7 nitrogen and oxygen atoms in total. The summed E-state index contributed by atoms with van der Waals surface area (Å²) >= 11 is 0.840. The molecule has 2 fully saturated rings. The van der Waals surface area contributed by atoms with Gasteiger partial charge in [-0.25, -0.2) is 22.9 Å². The summed E-state index contributed by atoms with van der Waals surface area (Å²) in [5.41, 5.74) is 0.850. The molecule has 116 valence electrons. The maximum Gasteiger partial charge on any atom is 0.356 e. The molecule has 2 atom stereocenters. The lowest BCUT2D eigenvalue weighted by atomic mass is 9.99. The van der Waals surface area contributed by atoms with E-state index in [1.807, 2.05) is 0 Å². The van der Waals surface area contributed by atoms with E-state index in [4.69, 9.17) is 5.11 Å². The van der Waals surface area contributed by atoms with Gasteiger partial charge in [0, 0.05) is 12.1 Å². The molecule has 2 saturated heterocycles. The van der Waals surface area contributed by atoms with Crippen LogP contribution in [0.15, 0.2) is 9.72 Å². The lowest BCUT2D eigenvalue weighted by Crippen LogP contribution is -2.47. The standard InChI is InChI=1S/C12H17N3O4S2/c16-11(17)10-12(20-7-13-10)21(18,19)14-8-3-5-15-4-1-2-9(15)6-8/h7-9,14H,1-6H2,(H,16,17). The van der Waals surface area contributed by atoms with Crippen LogP contribution in [0.2, 0.25) is 0 Å². The van der Waals surface area contributed by atoms with Crippen molar-refractivity contribution in [2.24, 2.45) is 0 Å². The van der Waals surface area contributed by atoms with Crippen molar-refractivity contribution in [1.29, 1.82) is 0 Å². The number of fused-ring (bicyclic) bond motifs is 1. The minimum Gasteiger partial charge on any atom is -0.476 e. The maximum atomic E-state index is 12.4. The van der Waals surface area contributed by atoms with Gasteiger partial charge >= 0.3 is 5.97 Å². The molecule has 0 bridgehead atoms. The maximum absolute atomic E-state index is 12.4. The number of piperidine rings is 1. The van der Waals surface area contributed by atoms with E-state index in [1.54, 1.807) is 0 Å². The molecular weight excluding hydrogens is 314 g/mol. The van der Waals surface area contributed by atoms with Crippen LogP contribution in [0, 0.1) is 0 Å². The van der Waals surface area contributed by atoms with Crippen LogP contribution < -0.4 is 4.72 Å². The van der Waals surface area contributed by atoms with Crippen LogP contribution >= 0.6 is 11.3 Å².